The minimum absolute atomic E-state index is 0.198. The minimum Gasteiger partial charge on any atom is -0.444 e. The second-order valence-electron chi connectivity index (χ2n) is 6.27. The first kappa shape index (κ1) is 19.1. The summed E-state index contributed by atoms with van der Waals surface area (Å²) >= 11 is 3.15. The summed E-state index contributed by atoms with van der Waals surface area (Å²) in [5.41, 5.74) is 0.977. The van der Waals surface area contributed by atoms with Crippen molar-refractivity contribution >= 4 is 32.9 Å². The van der Waals surface area contributed by atoms with Crippen molar-refractivity contribution < 1.29 is 13.6 Å². The van der Waals surface area contributed by atoms with Gasteiger partial charge >= 0.3 is 0 Å². The van der Waals surface area contributed by atoms with Crippen molar-refractivity contribution in [1.29, 1.82) is 0 Å². The molecule has 4 rings (SSSR count). The number of fused-ring (bicyclic) bond motifs is 1. The van der Waals surface area contributed by atoms with Crippen LogP contribution in [0.3, 0.4) is 0 Å². The number of carbonyl (C=O) groups is 1. The van der Waals surface area contributed by atoms with E-state index in [0.717, 1.165) is 5.56 Å². The molecule has 1 aromatic carbocycles. The summed E-state index contributed by atoms with van der Waals surface area (Å²) in [4.78, 5) is 29.0. The smallest absolute Gasteiger partial charge is 0.287 e. The zero-order valence-electron chi connectivity index (χ0n) is 15.0. The predicted molar refractivity (Wildman–Crippen MR) is 106 cm³/mol. The van der Waals surface area contributed by atoms with Gasteiger partial charge in [0.05, 0.1) is 19.3 Å². The summed E-state index contributed by atoms with van der Waals surface area (Å²) in [5.74, 6) is -0.478. The predicted octanol–water partition coefficient (Wildman–Crippen LogP) is 2.57. The van der Waals surface area contributed by atoms with Gasteiger partial charge in [-0.25, -0.2) is 14.1 Å². The van der Waals surface area contributed by atoms with E-state index in [0.29, 0.717) is 22.2 Å². The lowest BCUT2D eigenvalue weighted by molar-refractivity contribution is 0.0923. The monoisotopic (exact) mass is 459 g/mol. The van der Waals surface area contributed by atoms with Crippen LogP contribution in [0.15, 0.2) is 62.8 Å². The van der Waals surface area contributed by atoms with Crippen LogP contribution in [-0.2, 0) is 13.1 Å². The lowest BCUT2D eigenvalue weighted by Crippen LogP contribution is -2.27. The molecule has 0 atom stereocenters. The molecule has 0 aliphatic heterocycles. The molecule has 0 aliphatic rings. The molecule has 0 saturated carbocycles. The number of amides is 1. The zero-order valence-corrected chi connectivity index (χ0v) is 16.6. The highest BCUT2D eigenvalue weighted by Gasteiger charge is 2.12. The Balaban J connectivity index is 1.46. The van der Waals surface area contributed by atoms with Gasteiger partial charge < -0.3 is 9.73 Å². The summed E-state index contributed by atoms with van der Waals surface area (Å²) < 4.78 is 21.7. The first-order chi connectivity index (χ1) is 14.0. The lowest BCUT2D eigenvalue weighted by atomic mass is 10.2. The summed E-state index contributed by atoms with van der Waals surface area (Å²) in [6.45, 7) is 0.905. The van der Waals surface area contributed by atoms with E-state index >= 15 is 0 Å². The number of hydrogen-bond acceptors (Lipinski definition) is 5. The normalized spacial score (nSPS) is 11.1. The van der Waals surface area contributed by atoms with E-state index < -0.39 is 0 Å². The third kappa shape index (κ3) is 4.11. The fourth-order valence-electron chi connectivity index (χ4n) is 2.86. The molecular weight excluding hydrogens is 445 g/mol. The fourth-order valence-corrected chi connectivity index (χ4v) is 3.17. The van der Waals surface area contributed by atoms with Crippen molar-refractivity contribution in [2.45, 2.75) is 13.1 Å². The van der Waals surface area contributed by atoms with Crippen LogP contribution in [0.5, 0.6) is 0 Å². The van der Waals surface area contributed by atoms with Crippen molar-refractivity contribution in [3.8, 4) is 0 Å². The van der Waals surface area contributed by atoms with Gasteiger partial charge in [0.25, 0.3) is 11.5 Å². The maximum absolute atomic E-state index is 13.0. The average molecular weight is 460 g/mol. The van der Waals surface area contributed by atoms with E-state index in [9.17, 15) is 14.0 Å². The van der Waals surface area contributed by atoms with Crippen LogP contribution >= 0.6 is 15.9 Å². The lowest BCUT2D eigenvalue weighted by Gasteiger charge is -2.07. The Hall–Kier alpha value is -3.27. The molecule has 148 valence electrons. The van der Waals surface area contributed by atoms with Crippen LogP contribution < -0.4 is 10.9 Å². The first-order valence-electron chi connectivity index (χ1n) is 8.70. The Morgan fingerprint density at radius 3 is 2.72 bits per heavy atom. The molecule has 0 bridgehead atoms. The van der Waals surface area contributed by atoms with Gasteiger partial charge in [-0.1, -0.05) is 12.1 Å². The second kappa shape index (κ2) is 8.00. The van der Waals surface area contributed by atoms with E-state index in [-0.39, 0.29) is 36.1 Å². The molecule has 1 N–H and O–H groups in total. The summed E-state index contributed by atoms with van der Waals surface area (Å²) in [6, 6.07) is 9.14. The molecule has 0 aliphatic carbocycles. The second-order valence-corrected chi connectivity index (χ2v) is 7.05. The van der Waals surface area contributed by atoms with Gasteiger partial charge in [-0.05, 0) is 45.8 Å². The van der Waals surface area contributed by atoms with Gasteiger partial charge in [-0.15, -0.1) is 0 Å². The summed E-state index contributed by atoms with van der Waals surface area (Å²) in [6.07, 6.45) is 2.89. The molecule has 4 aromatic rings. The molecule has 3 heterocycles. The highest BCUT2D eigenvalue weighted by Crippen LogP contribution is 2.13. The Kier molecular flexibility index (Phi) is 5.26. The molecular formula is C19H15BrFN5O3. The van der Waals surface area contributed by atoms with E-state index in [4.69, 9.17) is 4.42 Å². The third-order valence-corrected chi connectivity index (χ3v) is 4.72. The third-order valence-electron chi connectivity index (χ3n) is 4.29. The van der Waals surface area contributed by atoms with Crippen molar-refractivity contribution in [3.63, 3.8) is 0 Å². The topological polar surface area (TPSA) is 95.0 Å². The maximum Gasteiger partial charge on any atom is 0.287 e. The fraction of sp³-hybridized carbons (Fsp3) is 0.158. The van der Waals surface area contributed by atoms with Crippen LogP contribution in [-0.4, -0.2) is 31.8 Å². The molecule has 10 heteroatoms. The number of nitrogens with one attached hydrogen (secondary N) is 1. The largest absolute Gasteiger partial charge is 0.444 e. The van der Waals surface area contributed by atoms with Gasteiger partial charge in [0.2, 0.25) is 0 Å². The van der Waals surface area contributed by atoms with E-state index in [1.54, 1.807) is 28.9 Å². The number of aromatic nitrogens is 4. The highest BCUT2D eigenvalue weighted by atomic mass is 79.9. The number of rotatable bonds is 6. The quantitative estimate of drug-likeness (QED) is 0.478. The van der Waals surface area contributed by atoms with Crippen LogP contribution in [0.1, 0.15) is 16.1 Å². The number of hydrogen-bond donors (Lipinski definition) is 1. The van der Waals surface area contributed by atoms with Crippen LogP contribution in [0.25, 0.3) is 11.0 Å². The number of halogens is 2. The van der Waals surface area contributed by atoms with Gasteiger partial charge in [-0.2, -0.15) is 5.10 Å². The standard InChI is InChI=1S/C19H15BrFN5O3/c20-16-6-5-15(29-16)18(27)22-7-8-26-17-14(9-24-26)19(28)25(11-23-17)10-12-1-3-13(21)4-2-12/h1-6,9,11H,7-8,10H2,(H,22,27). The Morgan fingerprint density at radius 2 is 2.00 bits per heavy atom. The van der Waals surface area contributed by atoms with Gasteiger partial charge in [0, 0.05) is 6.54 Å². The first-order valence-corrected chi connectivity index (χ1v) is 9.49. The summed E-state index contributed by atoms with van der Waals surface area (Å²) in [7, 11) is 0. The van der Waals surface area contributed by atoms with Crippen molar-refractivity contribution in [3.05, 3.63) is 81.1 Å². The molecule has 0 radical (unpaired) electrons. The van der Waals surface area contributed by atoms with E-state index in [2.05, 4.69) is 31.3 Å². The SMILES string of the molecule is O=C(NCCn1ncc2c(=O)n(Cc3ccc(F)cc3)cnc21)c1ccc(Br)o1. The van der Waals surface area contributed by atoms with E-state index in [1.807, 2.05) is 0 Å². The number of nitrogens with zero attached hydrogens (tertiary/aromatic N) is 4. The molecule has 3 aromatic heterocycles. The van der Waals surface area contributed by atoms with Crippen LogP contribution in [0.2, 0.25) is 0 Å². The van der Waals surface area contributed by atoms with Crippen LogP contribution in [0, 0.1) is 5.82 Å². The molecule has 1 amide bonds. The summed E-state index contributed by atoms with van der Waals surface area (Å²) in [5, 5.41) is 7.29. The molecule has 0 saturated heterocycles. The molecule has 0 spiro atoms. The molecule has 0 unspecified atom stereocenters. The Labute approximate surface area is 172 Å². The van der Waals surface area contributed by atoms with Crippen molar-refractivity contribution in [2.75, 3.05) is 6.54 Å². The molecule has 0 fully saturated rings. The van der Waals surface area contributed by atoms with Crippen molar-refractivity contribution in [1.82, 2.24) is 24.6 Å². The Morgan fingerprint density at radius 1 is 1.21 bits per heavy atom. The highest BCUT2D eigenvalue weighted by molar-refractivity contribution is 9.10. The maximum atomic E-state index is 13.0. The number of furan rings is 1. The number of carbonyl (C=O) groups excluding carboxylic acids is 1. The average Bonchev–Trinajstić information content (AvgIpc) is 3.32. The number of benzene rings is 1. The Bertz CT molecular complexity index is 1230. The minimum atomic E-state index is -0.346. The van der Waals surface area contributed by atoms with Gasteiger partial charge in [-0.3, -0.25) is 14.2 Å². The molecule has 29 heavy (non-hydrogen) atoms. The van der Waals surface area contributed by atoms with Gasteiger partial charge in [0.1, 0.15) is 17.5 Å². The van der Waals surface area contributed by atoms with E-state index in [1.165, 1.54) is 29.2 Å². The molecule has 8 nitrogen and oxygen atoms in total. The van der Waals surface area contributed by atoms with Crippen molar-refractivity contribution in [2.24, 2.45) is 0 Å². The van der Waals surface area contributed by atoms with Crippen LogP contribution in [0.4, 0.5) is 4.39 Å². The van der Waals surface area contributed by atoms with Gasteiger partial charge in [0.15, 0.2) is 16.1 Å². The zero-order chi connectivity index (χ0) is 20.4.